The number of aromatic nitrogens is 2. The van der Waals surface area contributed by atoms with Gasteiger partial charge in [0.25, 0.3) is 5.89 Å². The lowest BCUT2D eigenvalue weighted by Crippen LogP contribution is -2.37. The minimum atomic E-state index is -0.486. The van der Waals surface area contributed by atoms with Crippen LogP contribution in [0.2, 0.25) is 0 Å². The van der Waals surface area contributed by atoms with Crippen molar-refractivity contribution in [1.82, 2.24) is 15.0 Å². The fraction of sp³-hybridized carbons (Fsp3) is 0.438. The first-order chi connectivity index (χ1) is 10.8. The first-order valence-corrected chi connectivity index (χ1v) is 7.59. The molecule has 0 saturated carbocycles. The summed E-state index contributed by atoms with van der Waals surface area (Å²) in [7, 11) is 0. The summed E-state index contributed by atoms with van der Waals surface area (Å²) in [4.78, 5) is 18.1. The third-order valence-electron chi connectivity index (χ3n) is 3.97. The van der Waals surface area contributed by atoms with E-state index in [9.17, 15) is 9.90 Å². The number of hydrogen-bond donors (Lipinski definition) is 1. The smallest absolute Gasteiger partial charge is 0.257 e. The minimum absolute atomic E-state index is 0.219. The van der Waals surface area contributed by atoms with Gasteiger partial charge in [0.2, 0.25) is 5.91 Å². The van der Waals surface area contributed by atoms with Gasteiger partial charge in [0.1, 0.15) is 6.61 Å². The molecule has 6 heteroatoms. The van der Waals surface area contributed by atoms with Crippen LogP contribution >= 0.6 is 0 Å². The maximum atomic E-state index is 12.0. The Kier molecular flexibility index (Phi) is 4.48. The number of aliphatic hydroxyl groups is 1. The Morgan fingerprint density at radius 1 is 1.27 bits per heavy atom. The Hall–Kier alpha value is -2.21. The van der Waals surface area contributed by atoms with Crippen LogP contribution in [0.3, 0.4) is 0 Å². The number of likely N-dealkylation sites (tertiary alicyclic amines) is 1. The fourth-order valence-corrected chi connectivity index (χ4v) is 2.83. The highest BCUT2D eigenvalue weighted by molar-refractivity contribution is 5.77. The zero-order valence-electron chi connectivity index (χ0n) is 12.3. The molecule has 1 amide bonds. The summed E-state index contributed by atoms with van der Waals surface area (Å²) in [6.07, 6.45) is 3.80. The van der Waals surface area contributed by atoms with Crippen LogP contribution in [0, 0.1) is 0 Å². The van der Waals surface area contributed by atoms with Gasteiger partial charge in [0.15, 0.2) is 5.82 Å². The molecule has 1 N–H and O–H groups in total. The topological polar surface area (TPSA) is 79.5 Å². The van der Waals surface area contributed by atoms with Crippen molar-refractivity contribution in [2.75, 3.05) is 13.2 Å². The molecule has 2 heterocycles. The quantitative estimate of drug-likeness (QED) is 0.940. The van der Waals surface area contributed by atoms with Crippen LogP contribution in [0.4, 0.5) is 0 Å². The number of carbonyl (C=O) groups is 1. The second kappa shape index (κ2) is 6.70. The number of hydrogen-bond acceptors (Lipinski definition) is 5. The maximum Gasteiger partial charge on any atom is 0.257 e. The van der Waals surface area contributed by atoms with E-state index in [1.165, 1.54) is 0 Å². The van der Waals surface area contributed by atoms with Crippen molar-refractivity contribution in [3.05, 3.63) is 36.2 Å². The highest BCUT2D eigenvalue weighted by Gasteiger charge is 2.30. The molecule has 22 heavy (non-hydrogen) atoms. The van der Waals surface area contributed by atoms with Gasteiger partial charge in [-0.1, -0.05) is 36.2 Å². The van der Waals surface area contributed by atoms with Gasteiger partial charge in [-0.25, -0.2) is 0 Å². The Labute approximate surface area is 128 Å². The number of amides is 1. The van der Waals surface area contributed by atoms with Gasteiger partial charge in [-0.05, 0) is 25.0 Å². The Bertz CT molecular complexity index is 627. The number of rotatable bonds is 3. The van der Waals surface area contributed by atoms with E-state index in [-0.39, 0.29) is 11.9 Å². The van der Waals surface area contributed by atoms with E-state index < -0.39 is 6.61 Å². The van der Waals surface area contributed by atoms with Gasteiger partial charge in [-0.3, -0.25) is 4.79 Å². The Balaban J connectivity index is 1.87. The molecule has 1 aromatic carbocycles. The van der Waals surface area contributed by atoms with Gasteiger partial charge in [-0.2, -0.15) is 4.98 Å². The van der Waals surface area contributed by atoms with Crippen LogP contribution in [0.25, 0.3) is 11.5 Å². The standard InChI is InChI=1S/C16H19N3O3/c20-11-14(21)19-10-6-2-5-9-13(19)15-17-16(22-18-15)12-7-3-1-4-8-12/h1,3-4,7-8,13,20H,2,5-6,9-11H2. The maximum absolute atomic E-state index is 12.0. The van der Waals surface area contributed by atoms with E-state index in [1.54, 1.807) is 4.90 Å². The molecule has 6 nitrogen and oxygen atoms in total. The average molecular weight is 301 g/mol. The number of nitrogens with zero attached hydrogens (tertiary/aromatic N) is 3. The first-order valence-electron chi connectivity index (χ1n) is 7.59. The molecular formula is C16H19N3O3. The van der Waals surface area contributed by atoms with Crippen LogP contribution < -0.4 is 0 Å². The second-order valence-electron chi connectivity index (χ2n) is 5.43. The summed E-state index contributed by atoms with van der Waals surface area (Å²) < 4.78 is 5.34. The van der Waals surface area contributed by atoms with Gasteiger partial charge in [0.05, 0.1) is 6.04 Å². The zero-order valence-corrected chi connectivity index (χ0v) is 12.3. The second-order valence-corrected chi connectivity index (χ2v) is 5.43. The van der Waals surface area contributed by atoms with Crippen LogP contribution in [-0.4, -0.2) is 39.2 Å². The van der Waals surface area contributed by atoms with E-state index in [2.05, 4.69) is 10.1 Å². The Morgan fingerprint density at radius 2 is 2.09 bits per heavy atom. The van der Waals surface area contributed by atoms with E-state index in [0.717, 1.165) is 31.2 Å². The molecule has 1 aliphatic rings. The van der Waals surface area contributed by atoms with Crippen molar-refractivity contribution in [2.24, 2.45) is 0 Å². The first kappa shape index (κ1) is 14.7. The highest BCUT2D eigenvalue weighted by atomic mass is 16.5. The molecule has 0 spiro atoms. The molecule has 0 bridgehead atoms. The third kappa shape index (κ3) is 3.01. The predicted octanol–water partition coefficient (Wildman–Crippen LogP) is 2.17. The molecule has 1 fully saturated rings. The van der Waals surface area contributed by atoms with Crippen molar-refractivity contribution in [3.63, 3.8) is 0 Å². The van der Waals surface area contributed by atoms with E-state index in [4.69, 9.17) is 4.52 Å². The molecule has 3 rings (SSSR count). The van der Waals surface area contributed by atoms with Crippen LogP contribution in [0.15, 0.2) is 34.9 Å². The van der Waals surface area contributed by atoms with Gasteiger partial charge in [0, 0.05) is 12.1 Å². The molecule has 1 aliphatic heterocycles. The van der Waals surface area contributed by atoms with Crippen molar-refractivity contribution >= 4 is 5.91 Å². The lowest BCUT2D eigenvalue weighted by molar-refractivity contribution is -0.136. The van der Waals surface area contributed by atoms with Crippen molar-refractivity contribution in [2.45, 2.75) is 31.7 Å². The highest BCUT2D eigenvalue weighted by Crippen LogP contribution is 2.29. The number of benzene rings is 1. The summed E-state index contributed by atoms with van der Waals surface area (Å²) in [5, 5.41) is 13.2. The van der Waals surface area contributed by atoms with Crippen molar-refractivity contribution < 1.29 is 14.4 Å². The normalized spacial score (nSPS) is 19.0. The lowest BCUT2D eigenvalue weighted by Gasteiger charge is -2.26. The van der Waals surface area contributed by atoms with Gasteiger partial charge >= 0.3 is 0 Å². The SMILES string of the molecule is O=C(CO)N1CCCCCC1c1noc(-c2ccccc2)n1. The molecule has 0 radical (unpaired) electrons. The van der Waals surface area contributed by atoms with E-state index in [1.807, 2.05) is 30.3 Å². The monoisotopic (exact) mass is 301 g/mol. The molecular weight excluding hydrogens is 282 g/mol. The Morgan fingerprint density at radius 3 is 2.86 bits per heavy atom. The number of aliphatic hydroxyl groups excluding tert-OH is 1. The van der Waals surface area contributed by atoms with Gasteiger partial charge < -0.3 is 14.5 Å². The molecule has 1 atom stereocenters. The third-order valence-corrected chi connectivity index (χ3v) is 3.97. The van der Waals surface area contributed by atoms with Crippen LogP contribution in [0.5, 0.6) is 0 Å². The van der Waals surface area contributed by atoms with Crippen molar-refractivity contribution in [1.29, 1.82) is 0 Å². The van der Waals surface area contributed by atoms with E-state index >= 15 is 0 Å². The average Bonchev–Trinajstić information content (AvgIpc) is 2.93. The number of carbonyl (C=O) groups excluding carboxylic acids is 1. The molecule has 116 valence electrons. The van der Waals surface area contributed by atoms with Crippen LogP contribution in [-0.2, 0) is 4.79 Å². The van der Waals surface area contributed by atoms with Crippen LogP contribution in [0.1, 0.15) is 37.5 Å². The van der Waals surface area contributed by atoms with Crippen molar-refractivity contribution in [3.8, 4) is 11.5 Å². The molecule has 1 aromatic heterocycles. The van der Waals surface area contributed by atoms with E-state index in [0.29, 0.717) is 18.3 Å². The fourth-order valence-electron chi connectivity index (χ4n) is 2.83. The molecule has 2 aromatic rings. The summed E-state index contributed by atoms with van der Waals surface area (Å²) in [5.74, 6) is 0.691. The summed E-state index contributed by atoms with van der Waals surface area (Å²) >= 11 is 0. The largest absolute Gasteiger partial charge is 0.387 e. The molecule has 0 aliphatic carbocycles. The lowest BCUT2D eigenvalue weighted by atomic mass is 10.1. The summed E-state index contributed by atoms with van der Waals surface area (Å²) in [6.45, 7) is 0.138. The van der Waals surface area contributed by atoms with Gasteiger partial charge in [-0.15, -0.1) is 0 Å². The minimum Gasteiger partial charge on any atom is -0.387 e. The molecule has 1 unspecified atom stereocenters. The summed E-state index contributed by atoms with van der Waals surface area (Å²) in [6, 6.07) is 9.33. The summed E-state index contributed by atoms with van der Waals surface area (Å²) in [5.41, 5.74) is 0.856. The molecule has 1 saturated heterocycles. The zero-order chi connectivity index (χ0) is 15.4. The predicted molar refractivity (Wildman–Crippen MR) is 79.7 cm³/mol.